The minimum atomic E-state index is -0.234. The average molecular weight is 426 g/mol. The number of rotatable bonds is 6. The Labute approximate surface area is 181 Å². The average Bonchev–Trinajstić information content (AvgIpc) is 2.74. The molecule has 0 aromatic rings. The largest absolute Gasteiger partial charge is 0.359 e. The van der Waals surface area contributed by atoms with Crippen LogP contribution in [0.2, 0.25) is 0 Å². The number of nitrogens with one attached hydrogen (secondary N) is 4. The lowest BCUT2D eigenvalue weighted by Crippen LogP contribution is -2.16. The van der Waals surface area contributed by atoms with Gasteiger partial charge in [0.25, 0.3) is 5.91 Å². The first kappa shape index (κ1) is 34.4. The first-order chi connectivity index (χ1) is 14.1. The third-order valence-corrected chi connectivity index (χ3v) is 2.64. The Morgan fingerprint density at radius 3 is 1.67 bits per heavy atom. The quantitative estimate of drug-likeness (QED) is 0.354. The van der Waals surface area contributed by atoms with Crippen molar-refractivity contribution in [2.24, 2.45) is 0 Å². The van der Waals surface area contributed by atoms with Crippen LogP contribution in [0.4, 0.5) is 0 Å². The van der Waals surface area contributed by atoms with Crippen LogP contribution in [-0.2, 0) is 19.2 Å². The van der Waals surface area contributed by atoms with E-state index < -0.39 is 0 Å². The van der Waals surface area contributed by atoms with Crippen molar-refractivity contribution in [3.05, 3.63) is 24.8 Å². The molecule has 0 aromatic carbocycles. The minimum Gasteiger partial charge on any atom is -0.359 e. The number of amides is 4. The van der Waals surface area contributed by atoms with E-state index >= 15 is 0 Å². The Morgan fingerprint density at radius 1 is 0.933 bits per heavy atom. The van der Waals surface area contributed by atoms with E-state index in [0.717, 1.165) is 13.0 Å². The number of likely N-dealkylation sites (N-methyl/N-ethyl adjacent to an activating group) is 3. The van der Waals surface area contributed by atoms with E-state index in [9.17, 15) is 19.2 Å². The number of nitrogens with zero attached hydrogens (tertiary/aromatic N) is 1. The van der Waals surface area contributed by atoms with Gasteiger partial charge in [0.05, 0.1) is 0 Å². The van der Waals surface area contributed by atoms with Crippen LogP contribution < -0.4 is 21.3 Å². The molecule has 0 fully saturated rings. The maximum Gasteiger partial charge on any atom is 0.295 e. The molecule has 0 rings (SSSR count). The zero-order valence-corrected chi connectivity index (χ0v) is 19.6. The molecule has 0 spiro atoms. The lowest BCUT2D eigenvalue weighted by atomic mass is 10.3. The number of carbonyl (C=O) groups excluding carboxylic acids is 4. The second-order valence-electron chi connectivity index (χ2n) is 5.47. The lowest BCUT2D eigenvalue weighted by Gasteiger charge is -2.02. The maximum atomic E-state index is 10.6. The van der Waals surface area contributed by atoms with Gasteiger partial charge < -0.3 is 26.2 Å². The van der Waals surface area contributed by atoms with Gasteiger partial charge in [-0.2, -0.15) is 0 Å². The zero-order valence-electron chi connectivity index (χ0n) is 19.6. The van der Waals surface area contributed by atoms with E-state index in [0.29, 0.717) is 6.42 Å². The summed E-state index contributed by atoms with van der Waals surface area (Å²) < 4.78 is 0. The fourth-order valence-corrected chi connectivity index (χ4v) is 1.08. The molecule has 0 unspecified atom stereocenters. The third kappa shape index (κ3) is 39.8. The Morgan fingerprint density at radius 2 is 1.47 bits per heavy atom. The molecule has 9 heteroatoms. The van der Waals surface area contributed by atoms with E-state index in [-0.39, 0.29) is 23.6 Å². The van der Waals surface area contributed by atoms with Crippen molar-refractivity contribution >= 4 is 23.6 Å². The number of carbonyl (C=O) groups is 4. The third-order valence-electron chi connectivity index (χ3n) is 2.64. The molecule has 0 atom stereocenters. The van der Waals surface area contributed by atoms with Crippen molar-refractivity contribution in [2.45, 2.75) is 26.7 Å². The SMILES string of the molecule is C=CC(=O)NC.CC#CC(=O)NC.CCCC(=O)NC.CNC(=O)/C=C/CN(C)C. The summed E-state index contributed by atoms with van der Waals surface area (Å²) in [7, 11) is 10.3. The highest BCUT2D eigenvalue weighted by Gasteiger charge is 1.90. The molecule has 0 saturated carbocycles. The summed E-state index contributed by atoms with van der Waals surface area (Å²) in [6.45, 7) is 7.62. The molecule has 0 aliphatic heterocycles. The van der Waals surface area contributed by atoms with Crippen LogP contribution in [0.3, 0.4) is 0 Å². The summed E-state index contributed by atoms with van der Waals surface area (Å²) in [5.74, 6) is 4.45. The predicted octanol–water partition coefficient (Wildman–Crippen LogP) is 0.0568. The number of hydrogen-bond acceptors (Lipinski definition) is 5. The highest BCUT2D eigenvalue weighted by atomic mass is 16.2. The highest BCUT2D eigenvalue weighted by molar-refractivity contribution is 5.93. The Hall–Kier alpha value is -3.12. The molecular weight excluding hydrogens is 386 g/mol. The van der Waals surface area contributed by atoms with Crippen LogP contribution in [0, 0.1) is 11.8 Å². The van der Waals surface area contributed by atoms with E-state index in [1.54, 1.807) is 35.1 Å². The summed E-state index contributed by atoms with van der Waals surface area (Å²) in [5, 5.41) is 9.73. The maximum absolute atomic E-state index is 10.6. The Bertz CT molecular complexity index is 576. The molecule has 0 saturated heterocycles. The fraction of sp³-hybridized carbons (Fsp3) is 0.524. The normalized spacial score (nSPS) is 8.30. The second kappa shape index (κ2) is 28.1. The molecule has 0 bridgehead atoms. The standard InChI is InChI=1S/C7H14N2O.C5H11NO.C5H7NO.C4H7NO/c1-8-7(10)5-4-6-9(2)3;2*1-3-4-5(7)6-2;1-3-4(6)5-2/h4-5H,6H2,1-3H3,(H,8,10);3-4H2,1-2H3,(H,6,7);1-2H3,(H,6,7);3H,1H2,2H3,(H,5,6)/b5-4+;;;. The van der Waals surface area contributed by atoms with Crippen molar-refractivity contribution in [1.29, 1.82) is 0 Å². The van der Waals surface area contributed by atoms with E-state index in [2.05, 4.69) is 39.7 Å². The van der Waals surface area contributed by atoms with Gasteiger partial charge in [-0.15, -0.1) is 0 Å². The molecule has 4 amide bonds. The summed E-state index contributed by atoms with van der Waals surface area (Å²) in [6.07, 6.45) is 6.15. The van der Waals surface area contributed by atoms with Crippen LogP contribution in [-0.4, -0.2) is 77.4 Å². The fourth-order valence-electron chi connectivity index (χ4n) is 1.08. The van der Waals surface area contributed by atoms with Gasteiger partial charge in [-0.25, -0.2) is 0 Å². The van der Waals surface area contributed by atoms with Crippen LogP contribution >= 0.6 is 0 Å². The van der Waals surface area contributed by atoms with Crippen molar-refractivity contribution < 1.29 is 19.2 Å². The molecular formula is C21H39N5O4. The summed E-state index contributed by atoms with van der Waals surface area (Å²) in [6, 6.07) is 0. The summed E-state index contributed by atoms with van der Waals surface area (Å²) in [5.41, 5.74) is 0. The highest BCUT2D eigenvalue weighted by Crippen LogP contribution is 1.82. The van der Waals surface area contributed by atoms with Crippen LogP contribution in [0.5, 0.6) is 0 Å². The minimum absolute atomic E-state index is 0.0538. The molecule has 0 radical (unpaired) electrons. The van der Waals surface area contributed by atoms with Gasteiger partial charge in [0.1, 0.15) is 0 Å². The molecule has 30 heavy (non-hydrogen) atoms. The Kier molecular flexibility index (Phi) is 32.2. The summed E-state index contributed by atoms with van der Waals surface area (Å²) in [4.78, 5) is 42.9. The van der Waals surface area contributed by atoms with Crippen molar-refractivity contribution in [3.8, 4) is 11.8 Å². The smallest absolute Gasteiger partial charge is 0.295 e. The lowest BCUT2D eigenvalue weighted by molar-refractivity contribution is -0.120. The van der Waals surface area contributed by atoms with E-state index in [1.165, 1.54) is 12.2 Å². The van der Waals surface area contributed by atoms with Gasteiger partial charge in [0.15, 0.2) is 0 Å². The molecule has 172 valence electrons. The van der Waals surface area contributed by atoms with Crippen molar-refractivity contribution in [3.63, 3.8) is 0 Å². The molecule has 4 N–H and O–H groups in total. The van der Waals surface area contributed by atoms with Gasteiger partial charge in [0, 0.05) is 47.2 Å². The van der Waals surface area contributed by atoms with E-state index in [4.69, 9.17) is 0 Å². The van der Waals surface area contributed by atoms with Crippen LogP contribution in [0.1, 0.15) is 26.7 Å². The van der Waals surface area contributed by atoms with Crippen LogP contribution in [0.25, 0.3) is 0 Å². The van der Waals surface area contributed by atoms with Gasteiger partial charge in [-0.3, -0.25) is 19.2 Å². The molecule has 9 nitrogen and oxygen atoms in total. The van der Waals surface area contributed by atoms with Gasteiger partial charge in [0.2, 0.25) is 17.7 Å². The molecule has 0 aliphatic rings. The van der Waals surface area contributed by atoms with Crippen molar-refractivity contribution in [2.75, 3.05) is 48.8 Å². The van der Waals surface area contributed by atoms with Gasteiger partial charge >= 0.3 is 0 Å². The van der Waals surface area contributed by atoms with Crippen LogP contribution in [0.15, 0.2) is 24.8 Å². The first-order valence-corrected chi connectivity index (χ1v) is 9.31. The number of hydrogen-bond donors (Lipinski definition) is 4. The van der Waals surface area contributed by atoms with Gasteiger partial charge in [-0.05, 0) is 39.4 Å². The van der Waals surface area contributed by atoms with Gasteiger partial charge in [-0.1, -0.05) is 25.5 Å². The molecule has 0 aliphatic carbocycles. The van der Waals surface area contributed by atoms with E-state index in [1.807, 2.05) is 32.0 Å². The monoisotopic (exact) mass is 425 g/mol. The predicted molar refractivity (Wildman–Crippen MR) is 123 cm³/mol. The Balaban J connectivity index is -0.000000153. The molecule has 0 heterocycles. The topological polar surface area (TPSA) is 120 Å². The zero-order chi connectivity index (χ0) is 24.4. The second-order valence-corrected chi connectivity index (χ2v) is 5.47. The first-order valence-electron chi connectivity index (χ1n) is 9.31. The molecule has 0 aromatic heterocycles. The summed E-state index contributed by atoms with van der Waals surface area (Å²) >= 11 is 0. The van der Waals surface area contributed by atoms with Crippen molar-refractivity contribution in [1.82, 2.24) is 26.2 Å².